The third-order valence-electron chi connectivity index (χ3n) is 8.88. The summed E-state index contributed by atoms with van der Waals surface area (Å²) in [6.45, 7) is 4.43. The lowest BCUT2D eigenvalue weighted by molar-refractivity contribution is 0.668. The van der Waals surface area contributed by atoms with Crippen molar-refractivity contribution in [2.45, 2.75) is 13.8 Å². The Morgan fingerprint density at radius 2 is 1.26 bits per heavy atom. The van der Waals surface area contributed by atoms with Crippen molar-refractivity contribution < 1.29 is 4.42 Å². The maximum absolute atomic E-state index is 6.69. The number of fused-ring (bicyclic) bond motifs is 4. The second-order valence-corrected chi connectivity index (χ2v) is 11.6. The molecule has 0 aliphatic rings. The fraction of sp³-hybridized carbons (Fsp3) is 0.0455. The smallest absolute Gasteiger partial charge is 0.159 e. The van der Waals surface area contributed by atoms with Crippen LogP contribution in [-0.2, 0) is 0 Å². The van der Waals surface area contributed by atoms with Gasteiger partial charge in [-0.2, -0.15) is 0 Å². The van der Waals surface area contributed by atoms with Gasteiger partial charge in [0.15, 0.2) is 5.58 Å². The molecule has 0 radical (unpaired) electrons. The molecular formula is C44H31NO. The van der Waals surface area contributed by atoms with Gasteiger partial charge in [0.05, 0.1) is 11.4 Å². The Morgan fingerprint density at radius 3 is 2.13 bits per heavy atom. The number of hydrogen-bond acceptors (Lipinski definition) is 2. The van der Waals surface area contributed by atoms with E-state index in [4.69, 9.17) is 4.42 Å². The molecule has 0 aliphatic heterocycles. The Kier molecular flexibility index (Phi) is 6.86. The minimum Gasteiger partial charge on any atom is -0.454 e. The van der Waals surface area contributed by atoms with E-state index in [9.17, 15) is 0 Å². The van der Waals surface area contributed by atoms with Crippen LogP contribution in [0, 0.1) is 19.1 Å². The first-order chi connectivity index (χ1) is 22.7. The molecule has 2 nitrogen and oxygen atoms in total. The average molecular weight is 590 g/mol. The first-order valence-electron chi connectivity index (χ1n) is 15.6. The highest BCUT2D eigenvalue weighted by Crippen LogP contribution is 2.45. The van der Waals surface area contributed by atoms with Crippen molar-refractivity contribution in [3.63, 3.8) is 0 Å². The molecule has 1 heterocycles. The molecule has 0 spiro atoms. The SMILES string of the molecule is C/C(=C(\c1ccccc1C)c1cccc2ccccc12)N(c1ccccc1-c1c#cccc1)c1cccc2c1oc1ccccc12. The number of furan rings is 1. The van der Waals surface area contributed by atoms with Crippen LogP contribution < -0.4 is 4.90 Å². The summed E-state index contributed by atoms with van der Waals surface area (Å²) in [5.41, 5.74) is 11.6. The Morgan fingerprint density at radius 1 is 0.587 bits per heavy atom. The first-order valence-corrected chi connectivity index (χ1v) is 15.6. The van der Waals surface area contributed by atoms with Gasteiger partial charge in [0.25, 0.3) is 0 Å². The number of para-hydroxylation sites is 3. The lowest BCUT2D eigenvalue weighted by atomic mass is 9.89. The van der Waals surface area contributed by atoms with E-state index in [1.165, 1.54) is 33.0 Å². The van der Waals surface area contributed by atoms with Crippen LogP contribution in [0.25, 0.3) is 49.4 Å². The highest BCUT2D eigenvalue weighted by molar-refractivity contribution is 6.11. The van der Waals surface area contributed by atoms with Crippen molar-refractivity contribution in [1.29, 1.82) is 0 Å². The van der Waals surface area contributed by atoms with Crippen LogP contribution in [0.1, 0.15) is 23.6 Å². The summed E-state index contributed by atoms with van der Waals surface area (Å²) >= 11 is 0. The maximum atomic E-state index is 6.69. The van der Waals surface area contributed by atoms with Gasteiger partial charge in [0.2, 0.25) is 0 Å². The van der Waals surface area contributed by atoms with Crippen LogP contribution in [0.5, 0.6) is 0 Å². The fourth-order valence-electron chi connectivity index (χ4n) is 6.75. The highest BCUT2D eigenvalue weighted by atomic mass is 16.3. The summed E-state index contributed by atoms with van der Waals surface area (Å²) in [7, 11) is 0. The predicted octanol–water partition coefficient (Wildman–Crippen LogP) is 11.9. The largest absolute Gasteiger partial charge is 0.454 e. The highest BCUT2D eigenvalue weighted by Gasteiger charge is 2.25. The zero-order chi connectivity index (χ0) is 31.0. The minimum atomic E-state index is 0.850. The number of allylic oxidation sites excluding steroid dienone is 1. The lowest BCUT2D eigenvalue weighted by Crippen LogP contribution is -2.18. The molecule has 8 aromatic rings. The van der Waals surface area contributed by atoms with E-state index in [0.717, 1.165) is 50.1 Å². The van der Waals surface area contributed by atoms with E-state index in [-0.39, 0.29) is 0 Å². The number of benzene rings is 6. The number of rotatable bonds is 6. The summed E-state index contributed by atoms with van der Waals surface area (Å²) in [6.07, 6.45) is 0. The molecule has 2 heteroatoms. The third-order valence-corrected chi connectivity index (χ3v) is 8.88. The van der Waals surface area contributed by atoms with Gasteiger partial charge in [-0.1, -0.05) is 133 Å². The van der Waals surface area contributed by atoms with Gasteiger partial charge in [-0.25, -0.2) is 0 Å². The first kappa shape index (κ1) is 27.5. The second-order valence-electron chi connectivity index (χ2n) is 11.6. The van der Waals surface area contributed by atoms with Crippen LogP contribution in [0.2, 0.25) is 0 Å². The van der Waals surface area contributed by atoms with Gasteiger partial charge in [0, 0.05) is 33.2 Å². The number of hydrogen-bond donors (Lipinski definition) is 0. The maximum Gasteiger partial charge on any atom is 0.159 e. The molecule has 0 saturated heterocycles. The molecule has 0 fully saturated rings. The zero-order valence-corrected chi connectivity index (χ0v) is 25.8. The number of anilines is 2. The quantitative estimate of drug-likeness (QED) is 0.192. The summed E-state index contributed by atoms with van der Waals surface area (Å²) in [5.74, 6) is 0. The van der Waals surface area contributed by atoms with Crippen LogP contribution in [-0.4, -0.2) is 0 Å². The van der Waals surface area contributed by atoms with E-state index < -0.39 is 0 Å². The number of aryl methyl sites for hydroxylation is 1. The van der Waals surface area contributed by atoms with Crippen molar-refractivity contribution in [3.05, 3.63) is 186 Å². The molecule has 0 aliphatic carbocycles. The standard InChI is InChI=1S/C44H31NO/c1-30-16-6-8-21-34(30)43(38-25-14-20-32-19-7-9-22-35(32)38)31(2)45(40-27-12-10-23-36(40)33-17-4-3-5-18-33)41-28-15-26-39-37-24-11-13-29-42(37)46-44(39)41/h3-4,6-17,19-29H,1-2H3/b43-31-. The molecule has 218 valence electrons. The van der Waals surface area contributed by atoms with Crippen molar-refractivity contribution in [1.82, 2.24) is 0 Å². The summed E-state index contributed by atoms with van der Waals surface area (Å²) in [4.78, 5) is 2.38. The molecule has 0 N–H and O–H groups in total. The van der Waals surface area contributed by atoms with Crippen molar-refractivity contribution in [2.75, 3.05) is 4.90 Å². The minimum absolute atomic E-state index is 0.850. The third kappa shape index (κ3) is 4.62. The zero-order valence-electron chi connectivity index (χ0n) is 25.8. The molecule has 0 saturated carbocycles. The monoisotopic (exact) mass is 589 g/mol. The van der Waals surface area contributed by atoms with Gasteiger partial charge in [-0.3, -0.25) is 0 Å². The van der Waals surface area contributed by atoms with Gasteiger partial charge < -0.3 is 9.32 Å². The van der Waals surface area contributed by atoms with Crippen molar-refractivity contribution in [3.8, 4) is 11.1 Å². The Bertz CT molecular complexity index is 2390. The van der Waals surface area contributed by atoms with Gasteiger partial charge in [0.1, 0.15) is 5.58 Å². The second kappa shape index (κ2) is 11.5. The van der Waals surface area contributed by atoms with Crippen LogP contribution in [0.15, 0.2) is 162 Å². The Labute approximate surface area is 269 Å². The van der Waals surface area contributed by atoms with E-state index in [2.05, 4.69) is 158 Å². The topological polar surface area (TPSA) is 16.4 Å². The van der Waals surface area contributed by atoms with E-state index in [0.29, 0.717) is 0 Å². The summed E-state index contributed by atoms with van der Waals surface area (Å²) < 4.78 is 6.69. The van der Waals surface area contributed by atoms with Gasteiger partial charge >= 0.3 is 0 Å². The Hall–Kier alpha value is -6.04. The lowest BCUT2D eigenvalue weighted by Gasteiger charge is -2.31. The van der Waals surface area contributed by atoms with E-state index in [1.807, 2.05) is 24.3 Å². The van der Waals surface area contributed by atoms with Crippen LogP contribution >= 0.6 is 0 Å². The summed E-state index contributed by atoms with van der Waals surface area (Å²) in [6, 6.07) is 59.8. The average Bonchev–Trinajstić information content (AvgIpc) is 3.50. The summed E-state index contributed by atoms with van der Waals surface area (Å²) in [5, 5.41) is 4.61. The molecule has 1 aromatic heterocycles. The van der Waals surface area contributed by atoms with Crippen LogP contribution in [0.3, 0.4) is 0 Å². The molecule has 0 unspecified atom stereocenters. The molecule has 0 bridgehead atoms. The molecule has 46 heavy (non-hydrogen) atoms. The van der Waals surface area contributed by atoms with E-state index in [1.54, 1.807) is 0 Å². The van der Waals surface area contributed by atoms with Crippen molar-refractivity contribution >= 4 is 49.7 Å². The van der Waals surface area contributed by atoms with Gasteiger partial charge in [-0.15, -0.1) is 0 Å². The van der Waals surface area contributed by atoms with Crippen molar-refractivity contribution in [2.24, 2.45) is 0 Å². The Balaban J connectivity index is 1.52. The van der Waals surface area contributed by atoms with Crippen LogP contribution in [0.4, 0.5) is 11.4 Å². The molecule has 8 rings (SSSR count). The predicted molar refractivity (Wildman–Crippen MR) is 192 cm³/mol. The fourth-order valence-corrected chi connectivity index (χ4v) is 6.75. The molecule has 0 atom stereocenters. The normalized spacial score (nSPS) is 11.9. The van der Waals surface area contributed by atoms with E-state index >= 15 is 0 Å². The molecule has 7 aromatic carbocycles. The molecular weight excluding hydrogens is 558 g/mol. The number of nitrogens with zero attached hydrogens (tertiary/aromatic N) is 1. The van der Waals surface area contributed by atoms with Gasteiger partial charge in [-0.05, 0) is 71.6 Å². The molecule has 0 amide bonds.